The number of methoxy groups -OCH3 is 1. The molecule has 2 aromatic carbocycles. The molecule has 0 aliphatic carbocycles. The van der Waals surface area contributed by atoms with Crippen LogP contribution in [0, 0.1) is 17.5 Å². The van der Waals surface area contributed by atoms with Gasteiger partial charge in [0.15, 0.2) is 6.29 Å². The Kier molecular flexibility index (Phi) is 7.84. The predicted octanol–water partition coefficient (Wildman–Crippen LogP) is 2.72. The summed E-state index contributed by atoms with van der Waals surface area (Å²) in [6.07, 6.45) is -0.386. The predicted molar refractivity (Wildman–Crippen MR) is 114 cm³/mol. The Morgan fingerprint density at radius 2 is 1.91 bits per heavy atom. The van der Waals surface area contributed by atoms with E-state index >= 15 is 0 Å². The van der Waals surface area contributed by atoms with Gasteiger partial charge in [-0.05, 0) is 36.8 Å². The van der Waals surface area contributed by atoms with Crippen LogP contribution >= 0.6 is 0 Å². The molecule has 7 nitrogen and oxygen atoms in total. The molecule has 1 fully saturated rings. The molecule has 0 radical (unpaired) electrons. The molecule has 1 aliphatic heterocycles. The van der Waals surface area contributed by atoms with Crippen LogP contribution in [0.15, 0.2) is 47.5 Å². The summed E-state index contributed by atoms with van der Waals surface area (Å²) in [6.45, 7) is 2.22. The van der Waals surface area contributed by atoms with E-state index in [1.807, 2.05) is 6.92 Å². The van der Waals surface area contributed by atoms with Crippen molar-refractivity contribution in [1.29, 1.82) is 0 Å². The van der Waals surface area contributed by atoms with Crippen LogP contribution in [0.5, 0.6) is 0 Å². The number of carbonyl (C=O) groups is 1. The Labute approximate surface area is 184 Å². The number of amides is 1. The molecule has 172 valence electrons. The van der Waals surface area contributed by atoms with E-state index in [0.29, 0.717) is 24.9 Å². The van der Waals surface area contributed by atoms with Crippen molar-refractivity contribution >= 4 is 11.7 Å². The minimum absolute atomic E-state index is 0.137. The number of carbonyl (C=O) groups excluding carboxylic acids is 1. The topological polar surface area (TPSA) is 78.0 Å². The van der Waals surface area contributed by atoms with E-state index in [2.05, 4.69) is 21.2 Å². The molecule has 2 unspecified atom stereocenters. The van der Waals surface area contributed by atoms with E-state index in [1.165, 1.54) is 24.1 Å². The first-order chi connectivity index (χ1) is 15.3. The monoisotopic (exact) mass is 449 g/mol. The molecule has 3 N–H and O–H groups in total. The third-order valence-corrected chi connectivity index (χ3v) is 5.04. The van der Waals surface area contributed by atoms with Gasteiger partial charge in [0.1, 0.15) is 23.3 Å². The summed E-state index contributed by atoms with van der Waals surface area (Å²) in [6, 6.07) is 8.61. The number of rotatable bonds is 8. The van der Waals surface area contributed by atoms with Gasteiger partial charge in [0.25, 0.3) is 5.91 Å². The SMILES string of the molecule is COC[C@H](C)NC(N=C1CC(c2ccc(F)cc2)NN1)N(C)C(=O)c1ccc(F)cc1F. The van der Waals surface area contributed by atoms with Gasteiger partial charge in [0, 0.05) is 32.7 Å². The Morgan fingerprint density at radius 1 is 1.22 bits per heavy atom. The van der Waals surface area contributed by atoms with Crippen LogP contribution in [-0.4, -0.2) is 49.7 Å². The number of nitrogens with one attached hydrogen (secondary N) is 3. The molecule has 0 bridgehead atoms. The zero-order valence-electron chi connectivity index (χ0n) is 18.0. The number of amidine groups is 1. The Bertz CT molecular complexity index is 971. The lowest BCUT2D eigenvalue weighted by atomic mass is 10.1. The average molecular weight is 449 g/mol. The van der Waals surface area contributed by atoms with Crippen LogP contribution in [0.25, 0.3) is 0 Å². The van der Waals surface area contributed by atoms with Gasteiger partial charge in [0.2, 0.25) is 0 Å². The van der Waals surface area contributed by atoms with Gasteiger partial charge < -0.3 is 15.1 Å². The Balaban J connectivity index is 1.80. The quantitative estimate of drug-likeness (QED) is 0.541. The normalized spacial score (nSPS) is 18.9. The number of aliphatic imine (C=N–C) groups is 1. The summed E-state index contributed by atoms with van der Waals surface area (Å²) in [5, 5.41) is 3.17. The largest absolute Gasteiger partial charge is 0.383 e. The van der Waals surface area contributed by atoms with Gasteiger partial charge in [0.05, 0.1) is 18.2 Å². The minimum Gasteiger partial charge on any atom is -0.383 e. The fourth-order valence-electron chi connectivity index (χ4n) is 3.35. The van der Waals surface area contributed by atoms with E-state index in [4.69, 9.17) is 4.74 Å². The number of ether oxygens (including phenoxy) is 1. The maximum Gasteiger partial charge on any atom is 0.259 e. The van der Waals surface area contributed by atoms with E-state index in [-0.39, 0.29) is 23.5 Å². The molecule has 1 aliphatic rings. The molecule has 1 heterocycles. The molecule has 1 saturated heterocycles. The van der Waals surface area contributed by atoms with E-state index in [0.717, 1.165) is 17.7 Å². The molecule has 3 rings (SSSR count). The van der Waals surface area contributed by atoms with Crippen molar-refractivity contribution < 1.29 is 22.7 Å². The first kappa shape index (κ1) is 23.7. The second-order valence-electron chi connectivity index (χ2n) is 7.59. The minimum atomic E-state index is -0.949. The summed E-state index contributed by atoms with van der Waals surface area (Å²) in [5.41, 5.74) is 6.67. The summed E-state index contributed by atoms with van der Waals surface area (Å²) in [7, 11) is 3.03. The van der Waals surface area contributed by atoms with Crippen LogP contribution in [0.4, 0.5) is 13.2 Å². The van der Waals surface area contributed by atoms with Crippen molar-refractivity contribution in [1.82, 2.24) is 21.1 Å². The highest BCUT2D eigenvalue weighted by atomic mass is 19.1. The van der Waals surface area contributed by atoms with Gasteiger partial charge in [-0.3, -0.25) is 10.1 Å². The fraction of sp³-hybridized carbons (Fsp3) is 0.364. The second-order valence-corrected chi connectivity index (χ2v) is 7.59. The molecule has 0 spiro atoms. The van der Waals surface area contributed by atoms with Gasteiger partial charge in [-0.1, -0.05) is 12.1 Å². The van der Waals surface area contributed by atoms with Crippen molar-refractivity contribution in [2.75, 3.05) is 20.8 Å². The molecule has 3 atom stereocenters. The summed E-state index contributed by atoms with van der Waals surface area (Å²) < 4.78 is 45.8. The molecular formula is C22H26F3N5O2. The summed E-state index contributed by atoms with van der Waals surface area (Å²) in [4.78, 5) is 18.7. The second kappa shape index (κ2) is 10.6. The maximum absolute atomic E-state index is 14.2. The number of hydrogen-bond donors (Lipinski definition) is 3. The Morgan fingerprint density at radius 3 is 2.56 bits per heavy atom. The number of hydrazine groups is 1. The zero-order valence-corrected chi connectivity index (χ0v) is 18.0. The first-order valence-corrected chi connectivity index (χ1v) is 10.1. The van der Waals surface area contributed by atoms with E-state index in [9.17, 15) is 18.0 Å². The lowest BCUT2D eigenvalue weighted by molar-refractivity contribution is 0.0670. The van der Waals surface area contributed by atoms with Crippen LogP contribution in [-0.2, 0) is 4.74 Å². The van der Waals surface area contributed by atoms with Crippen molar-refractivity contribution in [3.63, 3.8) is 0 Å². The molecule has 10 heteroatoms. The van der Waals surface area contributed by atoms with Gasteiger partial charge in [-0.15, -0.1) is 0 Å². The molecule has 0 aromatic heterocycles. The van der Waals surface area contributed by atoms with Crippen LogP contribution in [0.3, 0.4) is 0 Å². The fourth-order valence-corrected chi connectivity index (χ4v) is 3.35. The lowest BCUT2D eigenvalue weighted by Gasteiger charge is -2.29. The first-order valence-electron chi connectivity index (χ1n) is 10.1. The van der Waals surface area contributed by atoms with Crippen molar-refractivity contribution in [2.45, 2.75) is 31.7 Å². The van der Waals surface area contributed by atoms with E-state index in [1.54, 1.807) is 19.2 Å². The maximum atomic E-state index is 14.2. The third kappa shape index (κ3) is 5.84. The van der Waals surface area contributed by atoms with Gasteiger partial charge >= 0.3 is 0 Å². The van der Waals surface area contributed by atoms with Crippen LogP contribution in [0.1, 0.15) is 35.3 Å². The summed E-state index contributed by atoms with van der Waals surface area (Å²) in [5.74, 6) is -2.14. The highest BCUT2D eigenvalue weighted by molar-refractivity contribution is 5.94. The van der Waals surface area contributed by atoms with Crippen molar-refractivity contribution in [3.05, 3.63) is 71.0 Å². The van der Waals surface area contributed by atoms with Gasteiger partial charge in [-0.2, -0.15) is 0 Å². The molecule has 1 amide bonds. The third-order valence-electron chi connectivity index (χ3n) is 5.04. The molecule has 2 aromatic rings. The number of nitrogens with zero attached hydrogens (tertiary/aromatic N) is 2. The van der Waals surface area contributed by atoms with Gasteiger partial charge in [-0.25, -0.2) is 23.6 Å². The number of hydrogen-bond acceptors (Lipinski definition) is 5. The number of halogens is 3. The zero-order chi connectivity index (χ0) is 23.3. The van der Waals surface area contributed by atoms with Crippen LogP contribution < -0.4 is 16.2 Å². The van der Waals surface area contributed by atoms with Crippen molar-refractivity contribution in [3.8, 4) is 0 Å². The standard InChI is InChI=1S/C22H26F3N5O2/c1-13(12-32-3)26-22(30(2)21(31)17-9-8-16(24)10-18(17)25)27-20-11-19(28-29-20)14-4-6-15(23)7-5-14/h4-10,13,19,22,26,28H,11-12H2,1-3H3,(H,27,29)/t13-,19?,22?/m0/s1. The smallest absolute Gasteiger partial charge is 0.259 e. The highest BCUT2D eigenvalue weighted by Crippen LogP contribution is 2.21. The lowest BCUT2D eigenvalue weighted by Crippen LogP contribution is -2.50. The highest BCUT2D eigenvalue weighted by Gasteiger charge is 2.27. The van der Waals surface area contributed by atoms with E-state index < -0.39 is 23.8 Å². The summed E-state index contributed by atoms with van der Waals surface area (Å²) >= 11 is 0. The average Bonchev–Trinajstić information content (AvgIpc) is 3.21. The molecular weight excluding hydrogens is 423 g/mol. The number of benzene rings is 2. The molecule has 32 heavy (non-hydrogen) atoms. The van der Waals surface area contributed by atoms with Crippen LogP contribution in [0.2, 0.25) is 0 Å². The molecule has 0 saturated carbocycles. The van der Waals surface area contributed by atoms with Crippen molar-refractivity contribution in [2.24, 2.45) is 4.99 Å². The Hall–Kier alpha value is -2.95.